The first-order valence-electron chi connectivity index (χ1n) is 4.44. The van der Waals surface area contributed by atoms with Crippen molar-refractivity contribution in [3.05, 3.63) is 66.5 Å². The summed E-state index contributed by atoms with van der Waals surface area (Å²) in [7, 11) is 0. The minimum atomic E-state index is -0.942. The number of benzene rings is 1. The highest BCUT2D eigenvalue weighted by atomic mass is 16.4. The second-order valence-electron chi connectivity index (χ2n) is 2.70. The summed E-state index contributed by atoms with van der Waals surface area (Å²) in [6, 6.07) is 15.1. The number of hydrogen-bond acceptors (Lipinski definition) is 2. The molecule has 3 heteroatoms. The van der Waals surface area contributed by atoms with Crippen LogP contribution in [0.4, 0.5) is 0 Å². The molecule has 15 heavy (non-hydrogen) atoms. The summed E-state index contributed by atoms with van der Waals surface area (Å²) in [4.78, 5) is 13.8. The van der Waals surface area contributed by atoms with Crippen LogP contribution in [0.15, 0.2) is 60.9 Å². The van der Waals surface area contributed by atoms with Crippen molar-refractivity contribution in [2.75, 3.05) is 0 Å². The fraction of sp³-hybridized carbons (Fsp3) is 0. The molecule has 3 nitrogen and oxygen atoms in total. The Morgan fingerprint density at radius 1 is 1.00 bits per heavy atom. The molecule has 1 aromatic heterocycles. The lowest BCUT2D eigenvalue weighted by molar-refractivity contribution is 0.0696. The molecule has 0 atom stereocenters. The SMILES string of the molecule is O=C(O)c1cccnc1.c1ccccc1. The van der Waals surface area contributed by atoms with Crippen LogP contribution in [-0.2, 0) is 0 Å². The summed E-state index contributed by atoms with van der Waals surface area (Å²) >= 11 is 0. The van der Waals surface area contributed by atoms with Crippen LogP contribution >= 0.6 is 0 Å². The molecule has 0 aliphatic heterocycles. The van der Waals surface area contributed by atoms with Crippen molar-refractivity contribution in [1.82, 2.24) is 4.98 Å². The van der Waals surface area contributed by atoms with E-state index in [0.29, 0.717) is 0 Å². The van der Waals surface area contributed by atoms with Crippen LogP contribution < -0.4 is 0 Å². The van der Waals surface area contributed by atoms with Crippen LogP contribution in [0.5, 0.6) is 0 Å². The van der Waals surface area contributed by atoms with Crippen LogP contribution in [-0.4, -0.2) is 16.1 Å². The van der Waals surface area contributed by atoms with Crippen molar-refractivity contribution in [2.45, 2.75) is 0 Å². The molecule has 0 aliphatic rings. The van der Waals surface area contributed by atoms with Crippen molar-refractivity contribution >= 4 is 5.97 Å². The van der Waals surface area contributed by atoms with Gasteiger partial charge in [0.25, 0.3) is 0 Å². The Morgan fingerprint density at radius 3 is 1.80 bits per heavy atom. The van der Waals surface area contributed by atoms with Gasteiger partial charge in [-0.25, -0.2) is 4.79 Å². The van der Waals surface area contributed by atoms with E-state index in [9.17, 15) is 4.79 Å². The zero-order valence-corrected chi connectivity index (χ0v) is 8.08. The van der Waals surface area contributed by atoms with Crippen LogP contribution in [0.3, 0.4) is 0 Å². The van der Waals surface area contributed by atoms with Crippen LogP contribution in [0.25, 0.3) is 0 Å². The normalized spacial score (nSPS) is 8.53. The van der Waals surface area contributed by atoms with Gasteiger partial charge in [-0.2, -0.15) is 0 Å². The predicted octanol–water partition coefficient (Wildman–Crippen LogP) is 2.47. The minimum Gasteiger partial charge on any atom is -0.478 e. The number of carboxylic acid groups (broad SMARTS) is 1. The number of nitrogens with zero attached hydrogens (tertiary/aromatic N) is 1. The molecule has 0 saturated carbocycles. The van der Waals surface area contributed by atoms with Gasteiger partial charge in [0.2, 0.25) is 0 Å². The van der Waals surface area contributed by atoms with Crippen molar-refractivity contribution in [3.63, 3.8) is 0 Å². The van der Waals surface area contributed by atoms with Gasteiger partial charge in [-0.15, -0.1) is 0 Å². The molecule has 1 aromatic carbocycles. The van der Waals surface area contributed by atoms with Crippen molar-refractivity contribution < 1.29 is 9.90 Å². The fourth-order valence-electron chi connectivity index (χ4n) is 0.874. The molecule has 0 radical (unpaired) electrons. The van der Waals surface area contributed by atoms with Gasteiger partial charge >= 0.3 is 5.97 Å². The molecule has 0 spiro atoms. The highest BCUT2D eigenvalue weighted by Crippen LogP contribution is 1.92. The average molecular weight is 201 g/mol. The third-order valence-electron chi connectivity index (χ3n) is 1.58. The maximum atomic E-state index is 10.2. The van der Waals surface area contributed by atoms with E-state index in [1.807, 2.05) is 36.4 Å². The van der Waals surface area contributed by atoms with Gasteiger partial charge in [0.05, 0.1) is 5.56 Å². The second-order valence-corrected chi connectivity index (χ2v) is 2.70. The third-order valence-corrected chi connectivity index (χ3v) is 1.58. The van der Waals surface area contributed by atoms with E-state index in [2.05, 4.69) is 4.98 Å². The fourth-order valence-corrected chi connectivity index (χ4v) is 0.874. The molecule has 1 N–H and O–H groups in total. The number of hydrogen-bond donors (Lipinski definition) is 1. The highest BCUT2D eigenvalue weighted by Gasteiger charge is 1.97. The molecule has 76 valence electrons. The molecule has 2 aromatic rings. The predicted molar refractivity (Wildman–Crippen MR) is 57.6 cm³/mol. The first kappa shape index (κ1) is 10.9. The largest absolute Gasteiger partial charge is 0.478 e. The molecule has 0 unspecified atom stereocenters. The maximum Gasteiger partial charge on any atom is 0.337 e. The smallest absolute Gasteiger partial charge is 0.337 e. The number of carboxylic acids is 1. The molecule has 0 fully saturated rings. The summed E-state index contributed by atoms with van der Waals surface area (Å²) in [5.74, 6) is -0.942. The lowest BCUT2D eigenvalue weighted by Gasteiger charge is -1.87. The van der Waals surface area contributed by atoms with E-state index < -0.39 is 5.97 Å². The van der Waals surface area contributed by atoms with Gasteiger partial charge in [0.15, 0.2) is 0 Å². The number of aromatic nitrogens is 1. The van der Waals surface area contributed by atoms with Crippen molar-refractivity contribution in [1.29, 1.82) is 0 Å². The summed E-state index contributed by atoms with van der Waals surface area (Å²) in [6.07, 6.45) is 2.84. The zero-order valence-electron chi connectivity index (χ0n) is 8.08. The Labute approximate surface area is 88.0 Å². The quantitative estimate of drug-likeness (QED) is 0.771. The highest BCUT2D eigenvalue weighted by molar-refractivity contribution is 5.86. The molecule has 0 bridgehead atoms. The lowest BCUT2D eigenvalue weighted by Crippen LogP contribution is -1.94. The molecule has 0 aliphatic carbocycles. The van der Waals surface area contributed by atoms with Gasteiger partial charge in [0, 0.05) is 12.4 Å². The van der Waals surface area contributed by atoms with Gasteiger partial charge in [0.1, 0.15) is 0 Å². The van der Waals surface area contributed by atoms with E-state index in [-0.39, 0.29) is 5.56 Å². The molecule has 1 heterocycles. The summed E-state index contributed by atoms with van der Waals surface area (Å²) in [6.45, 7) is 0. The monoisotopic (exact) mass is 201 g/mol. The number of rotatable bonds is 1. The Bertz CT molecular complexity index is 360. The van der Waals surface area contributed by atoms with Gasteiger partial charge in [-0.1, -0.05) is 36.4 Å². The van der Waals surface area contributed by atoms with E-state index in [1.165, 1.54) is 18.5 Å². The van der Waals surface area contributed by atoms with Crippen molar-refractivity contribution in [3.8, 4) is 0 Å². The molecule has 0 saturated heterocycles. The Morgan fingerprint density at radius 2 is 1.53 bits per heavy atom. The van der Waals surface area contributed by atoms with Crippen LogP contribution in [0, 0.1) is 0 Å². The van der Waals surface area contributed by atoms with E-state index in [0.717, 1.165) is 0 Å². The van der Waals surface area contributed by atoms with E-state index in [4.69, 9.17) is 5.11 Å². The topological polar surface area (TPSA) is 50.2 Å². The van der Waals surface area contributed by atoms with Gasteiger partial charge < -0.3 is 5.11 Å². The molecule has 2 rings (SSSR count). The molecule has 0 amide bonds. The van der Waals surface area contributed by atoms with Crippen LogP contribution in [0.2, 0.25) is 0 Å². The van der Waals surface area contributed by atoms with Gasteiger partial charge in [-0.05, 0) is 12.1 Å². The van der Waals surface area contributed by atoms with E-state index in [1.54, 1.807) is 6.07 Å². The average Bonchev–Trinajstić information content (AvgIpc) is 2.33. The first-order valence-corrected chi connectivity index (χ1v) is 4.44. The number of aromatic carboxylic acids is 1. The van der Waals surface area contributed by atoms with Crippen LogP contribution in [0.1, 0.15) is 10.4 Å². The Kier molecular flexibility index (Phi) is 4.60. The Hall–Kier alpha value is -2.16. The zero-order chi connectivity index (χ0) is 10.9. The first-order chi connectivity index (χ1) is 7.30. The maximum absolute atomic E-state index is 10.2. The summed E-state index contributed by atoms with van der Waals surface area (Å²) in [5.41, 5.74) is 0.220. The van der Waals surface area contributed by atoms with E-state index >= 15 is 0 Å². The number of pyridine rings is 1. The second kappa shape index (κ2) is 6.32. The molecular weight excluding hydrogens is 190 g/mol. The third kappa shape index (κ3) is 4.57. The van der Waals surface area contributed by atoms with Crippen molar-refractivity contribution in [2.24, 2.45) is 0 Å². The minimum absolute atomic E-state index is 0.220. The van der Waals surface area contributed by atoms with Gasteiger partial charge in [-0.3, -0.25) is 4.98 Å². The lowest BCUT2D eigenvalue weighted by atomic mass is 10.3. The summed E-state index contributed by atoms with van der Waals surface area (Å²) < 4.78 is 0. The number of carbonyl (C=O) groups is 1. The summed E-state index contributed by atoms with van der Waals surface area (Å²) in [5, 5.41) is 8.34. The standard InChI is InChI=1S/C6H5NO2.C6H6/c8-6(9)5-2-1-3-7-4-5;1-2-4-6-5-3-1/h1-4H,(H,8,9);1-6H. The Balaban J connectivity index is 0.000000162. The molecular formula is C12H11NO2.